The molecular formula is C13H9BrNO4-. The number of carbonyl (C=O) groups is 1. The van der Waals surface area contributed by atoms with Gasteiger partial charge in [0.05, 0.1) is 5.97 Å². The number of halogens is 1. The second-order valence-electron chi connectivity index (χ2n) is 3.78. The Kier molecular flexibility index (Phi) is 3.84. The van der Waals surface area contributed by atoms with Crippen molar-refractivity contribution in [3.8, 4) is 0 Å². The average molecular weight is 323 g/mol. The standard InChI is InChI=1S/C13H10BrNO4/c14-10-5-6-11(15(18)19)13-8(4-7-12(16)17)2-1-3-9(10)13/h1-7,18-19H,(H,16,17)/p-1. The zero-order chi connectivity index (χ0) is 14.0. The predicted octanol–water partition coefficient (Wildman–Crippen LogP) is 1.95. The van der Waals surface area contributed by atoms with Crippen molar-refractivity contribution in [2.75, 3.05) is 5.23 Å². The van der Waals surface area contributed by atoms with Crippen LogP contribution in [0.5, 0.6) is 0 Å². The van der Waals surface area contributed by atoms with Gasteiger partial charge in [0.15, 0.2) is 0 Å². The van der Waals surface area contributed by atoms with Crippen LogP contribution in [0, 0.1) is 0 Å². The molecule has 0 atom stereocenters. The van der Waals surface area contributed by atoms with Gasteiger partial charge in [0.25, 0.3) is 0 Å². The van der Waals surface area contributed by atoms with Gasteiger partial charge in [-0.1, -0.05) is 40.2 Å². The Labute approximate surface area is 117 Å². The minimum Gasteiger partial charge on any atom is -0.545 e. The molecule has 0 saturated heterocycles. The third-order valence-corrected chi connectivity index (χ3v) is 3.30. The van der Waals surface area contributed by atoms with Crippen LogP contribution >= 0.6 is 15.9 Å². The van der Waals surface area contributed by atoms with Gasteiger partial charge in [-0.15, -0.1) is 5.23 Å². The second kappa shape index (κ2) is 5.40. The zero-order valence-corrected chi connectivity index (χ0v) is 11.2. The van der Waals surface area contributed by atoms with Crippen LogP contribution in [-0.2, 0) is 4.79 Å². The summed E-state index contributed by atoms with van der Waals surface area (Å²) in [5, 5.41) is 30.2. The summed E-state index contributed by atoms with van der Waals surface area (Å²) in [6, 6.07) is 8.36. The van der Waals surface area contributed by atoms with Crippen LogP contribution in [0.25, 0.3) is 16.8 Å². The van der Waals surface area contributed by atoms with Crippen molar-refractivity contribution in [2.45, 2.75) is 0 Å². The number of carboxylic acids is 1. The molecule has 0 unspecified atom stereocenters. The highest BCUT2D eigenvalue weighted by Crippen LogP contribution is 2.34. The Morgan fingerprint density at radius 3 is 2.63 bits per heavy atom. The fourth-order valence-electron chi connectivity index (χ4n) is 1.84. The Balaban J connectivity index is 2.77. The molecule has 2 rings (SSSR count). The molecule has 2 aromatic carbocycles. The maximum atomic E-state index is 10.5. The van der Waals surface area contributed by atoms with E-state index in [1.54, 1.807) is 24.3 Å². The van der Waals surface area contributed by atoms with Gasteiger partial charge in [0, 0.05) is 9.86 Å². The normalized spacial score (nSPS) is 11.1. The fraction of sp³-hybridized carbons (Fsp3) is 0. The molecule has 0 saturated carbocycles. The lowest BCUT2D eigenvalue weighted by atomic mass is 10.0. The highest BCUT2D eigenvalue weighted by Gasteiger charge is 2.11. The van der Waals surface area contributed by atoms with Crippen molar-refractivity contribution in [1.29, 1.82) is 0 Å². The van der Waals surface area contributed by atoms with E-state index >= 15 is 0 Å². The molecule has 0 heterocycles. The lowest BCUT2D eigenvalue weighted by Crippen LogP contribution is -2.18. The summed E-state index contributed by atoms with van der Waals surface area (Å²) in [4.78, 5) is 10.5. The summed E-state index contributed by atoms with van der Waals surface area (Å²) >= 11 is 3.36. The highest BCUT2D eigenvalue weighted by molar-refractivity contribution is 9.10. The van der Waals surface area contributed by atoms with E-state index in [0.29, 0.717) is 10.9 Å². The number of carboxylic acid groups (broad SMARTS) is 1. The molecule has 0 spiro atoms. The van der Waals surface area contributed by atoms with Gasteiger partial charge >= 0.3 is 0 Å². The van der Waals surface area contributed by atoms with Crippen LogP contribution in [0.3, 0.4) is 0 Å². The van der Waals surface area contributed by atoms with Gasteiger partial charge in [-0.2, -0.15) is 0 Å². The number of carbonyl (C=O) groups excluding carboxylic acids is 1. The van der Waals surface area contributed by atoms with E-state index in [1.165, 1.54) is 12.1 Å². The number of hydrogen-bond donors (Lipinski definition) is 2. The molecule has 0 aliphatic heterocycles. The van der Waals surface area contributed by atoms with E-state index < -0.39 is 5.97 Å². The summed E-state index contributed by atoms with van der Waals surface area (Å²) in [6.07, 6.45) is 2.23. The van der Waals surface area contributed by atoms with E-state index in [4.69, 9.17) is 0 Å². The molecule has 0 bridgehead atoms. The van der Waals surface area contributed by atoms with E-state index in [2.05, 4.69) is 15.9 Å². The van der Waals surface area contributed by atoms with Crippen LogP contribution < -0.4 is 10.3 Å². The number of aliphatic carboxylic acids is 1. The molecule has 2 N–H and O–H groups in total. The van der Waals surface area contributed by atoms with Gasteiger partial charge in [0.1, 0.15) is 5.69 Å². The number of nitrogens with zero attached hydrogens (tertiary/aromatic N) is 1. The third kappa shape index (κ3) is 2.76. The van der Waals surface area contributed by atoms with Crippen LogP contribution in [0.1, 0.15) is 5.56 Å². The second-order valence-corrected chi connectivity index (χ2v) is 4.63. The minimum atomic E-state index is -1.32. The molecule has 0 fully saturated rings. The molecule has 0 aliphatic carbocycles. The fourth-order valence-corrected chi connectivity index (χ4v) is 2.31. The topological polar surface area (TPSA) is 83.8 Å². The number of anilines is 1. The van der Waals surface area contributed by atoms with Gasteiger partial charge in [0.2, 0.25) is 0 Å². The van der Waals surface area contributed by atoms with E-state index in [0.717, 1.165) is 15.9 Å². The lowest BCUT2D eigenvalue weighted by molar-refractivity contribution is -0.297. The van der Waals surface area contributed by atoms with Gasteiger partial charge in [-0.25, -0.2) is 0 Å². The van der Waals surface area contributed by atoms with Crippen LogP contribution in [0.2, 0.25) is 0 Å². The first kappa shape index (κ1) is 13.5. The molecule has 0 aromatic heterocycles. The van der Waals surface area contributed by atoms with Crippen molar-refractivity contribution in [2.24, 2.45) is 0 Å². The van der Waals surface area contributed by atoms with E-state index in [-0.39, 0.29) is 10.9 Å². The summed E-state index contributed by atoms with van der Waals surface area (Å²) in [5.74, 6) is -1.32. The molecular weight excluding hydrogens is 314 g/mol. The Morgan fingerprint density at radius 2 is 2.00 bits per heavy atom. The summed E-state index contributed by atoms with van der Waals surface area (Å²) < 4.78 is 0.761. The van der Waals surface area contributed by atoms with Crippen molar-refractivity contribution < 1.29 is 20.3 Å². The number of benzene rings is 2. The van der Waals surface area contributed by atoms with Crippen LogP contribution in [0.4, 0.5) is 5.69 Å². The molecule has 98 valence electrons. The van der Waals surface area contributed by atoms with E-state index in [9.17, 15) is 20.3 Å². The number of rotatable bonds is 3. The molecule has 0 amide bonds. The van der Waals surface area contributed by atoms with E-state index in [1.807, 2.05) is 0 Å². The molecule has 0 radical (unpaired) electrons. The molecule has 6 heteroatoms. The summed E-state index contributed by atoms with van der Waals surface area (Å²) in [5.41, 5.74) is 0.683. The Morgan fingerprint density at radius 1 is 1.26 bits per heavy atom. The molecule has 2 aromatic rings. The average Bonchev–Trinajstić information content (AvgIpc) is 2.36. The molecule has 0 aliphatic rings. The van der Waals surface area contributed by atoms with Gasteiger partial charge in [-0.05, 0) is 29.2 Å². The van der Waals surface area contributed by atoms with Crippen molar-refractivity contribution in [3.63, 3.8) is 0 Å². The summed E-state index contributed by atoms with van der Waals surface area (Å²) in [6.45, 7) is 0. The summed E-state index contributed by atoms with van der Waals surface area (Å²) in [7, 11) is 0. The maximum Gasteiger partial charge on any atom is 0.103 e. The number of fused-ring (bicyclic) bond motifs is 1. The first-order chi connectivity index (χ1) is 9.00. The smallest absolute Gasteiger partial charge is 0.103 e. The Hall–Kier alpha value is -1.89. The Bertz CT molecular complexity index is 667. The molecule has 5 nitrogen and oxygen atoms in total. The number of hydrogen-bond acceptors (Lipinski definition) is 5. The van der Waals surface area contributed by atoms with Gasteiger partial charge in [-0.3, -0.25) is 10.4 Å². The van der Waals surface area contributed by atoms with Crippen LogP contribution in [-0.4, -0.2) is 16.4 Å². The van der Waals surface area contributed by atoms with Gasteiger partial charge < -0.3 is 9.90 Å². The van der Waals surface area contributed by atoms with Crippen molar-refractivity contribution >= 4 is 44.4 Å². The minimum absolute atomic E-state index is 0.00509. The highest BCUT2D eigenvalue weighted by atomic mass is 79.9. The van der Waals surface area contributed by atoms with Crippen LogP contribution in [0.15, 0.2) is 40.9 Å². The zero-order valence-electron chi connectivity index (χ0n) is 9.58. The first-order valence-corrected chi connectivity index (χ1v) is 6.08. The lowest BCUT2D eigenvalue weighted by Gasteiger charge is -2.14. The predicted molar refractivity (Wildman–Crippen MR) is 71.7 cm³/mol. The SMILES string of the molecule is O=C([O-])C=Cc1cccc2c(Br)ccc(N(O)O)c12. The quantitative estimate of drug-likeness (QED) is 0.666. The third-order valence-electron chi connectivity index (χ3n) is 2.61. The maximum absolute atomic E-state index is 10.5. The monoisotopic (exact) mass is 322 g/mol. The largest absolute Gasteiger partial charge is 0.545 e. The first-order valence-electron chi connectivity index (χ1n) is 5.29. The van der Waals surface area contributed by atoms with Crippen molar-refractivity contribution in [3.05, 3.63) is 46.4 Å². The molecule has 19 heavy (non-hydrogen) atoms. The van der Waals surface area contributed by atoms with Crippen molar-refractivity contribution in [1.82, 2.24) is 0 Å².